The molecule has 57 heavy (non-hydrogen) atoms. The quantitative estimate of drug-likeness (QED) is 0.0518. The molecule has 0 aliphatic heterocycles. The zero-order valence-electron chi connectivity index (χ0n) is 37.3. The number of unbranched alkanes of at least 4 members (excludes halogenated alkanes) is 16. The van der Waals surface area contributed by atoms with E-state index in [-0.39, 0.29) is 12.1 Å². The van der Waals surface area contributed by atoms with Crippen molar-refractivity contribution in [1.29, 1.82) is 0 Å². The zero-order chi connectivity index (χ0) is 41.0. The lowest BCUT2D eigenvalue weighted by Gasteiger charge is -2.22. The van der Waals surface area contributed by atoms with Crippen molar-refractivity contribution in [2.75, 3.05) is 63.0 Å². The Labute approximate surface area is 350 Å². The average molecular weight is 791 g/mol. The fraction of sp³-hybridized carbons (Fsp3) is 0.714. The molecule has 0 saturated heterocycles. The average Bonchev–Trinajstić information content (AvgIpc) is 3.20. The molecule has 2 aromatic carbocycles. The number of rotatable bonds is 36. The van der Waals surface area contributed by atoms with Crippen LogP contribution in [0.1, 0.15) is 180 Å². The van der Waals surface area contributed by atoms with Crippen LogP contribution < -0.4 is 21.3 Å². The third kappa shape index (κ3) is 27.3. The molecule has 0 heterocycles. The molecule has 0 aliphatic carbocycles. The zero-order valence-corrected chi connectivity index (χ0v) is 37.3. The van der Waals surface area contributed by atoms with Crippen LogP contribution in [0.3, 0.4) is 0 Å². The van der Waals surface area contributed by atoms with Crippen LogP contribution >= 0.6 is 0 Å². The number of hydrogen-bond acceptors (Lipinski definition) is 4. The Morgan fingerprint density at radius 2 is 0.737 bits per heavy atom. The Balaban J connectivity index is 1.69. The summed E-state index contributed by atoms with van der Waals surface area (Å²) in [7, 11) is 0. The minimum Gasteiger partial charge on any atom is -0.338 e. The summed E-state index contributed by atoms with van der Waals surface area (Å²) < 4.78 is 0. The highest BCUT2D eigenvalue weighted by Gasteiger charge is 2.09. The molecule has 8 heteroatoms. The van der Waals surface area contributed by atoms with Gasteiger partial charge in [-0.05, 0) is 132 Å². The summed E-state index contributed by atoms with van der Waals surface area (Å²) in [6, 6.07) is 15.7. The van der Waals surface area contributed by atoms with E-state index in [9.17, 15) is 9.59 Å². The second-order valence-corrected chi connectivity index (χ2v) is 16.4. The van der Waals surface area contributed by atoms with E-state index in [2.05, 4.69) is 70.9 Å². The van der Waals surface area contributed by atoms with Crippen molar-refractivity contribution in [3.63, 3.8) is 0 Å². The van der Waals surface area contributed by atoms with E-state index in [1.165, 1.54) is 142 Å². The van der Waals surface area contributed by atoms with Gasteiger partial charge in [0.25, 0.3) is 0 Å². The fourth-order valence-electron chi connectivity index (χ4n) is 7.50. The highest BCUT2D eigenvalue weighted by molar-refractivity contribution is 5.90. The van der Waals surface area contributed by atoms with Crippen LogP contribution in [0, 0.1) is 0 Å². The molecule has 0 fully saturated rings. The number of benzene rings is 2. The first-order valence-corrected chi connectivity index (χ1v) is 23.7. The van der Waals surface area contributed by atoms with Crippen LogP contribution in [0.25, 0.3) is 0 Å². The summed E-state index contributed by atoms with van der Waals surface area (Å²) in [5, 5.41) is 12.2. The van der Waals surface area contributed by atoms with Gasteiger partial charge in [-0.15, -0.1) is 0 Å². The molecular formula is C49H86N6O2. The summed E-state index contributed by atoms with van der Waals surface area (Å²) in [6.07, 6.45) is 28.6. The highest BCUT2D eigenvalue weighted by atomic mass is 16.2. The maximum Gasteiger partial charge on any atom is 0.319 e. The fourth-order valence-corrected chi connectivity index (χ4v) is 7.50. The second kappa shape index (κ2) is 34.9. The van der Waals surface area contributed by atoms with E-state index in [0.29, 0.717) is 19.5 Å². The smallest absolute Gasteiger partial charge is 0.319 e. The number of carbonyl (C=O) groups excluding carboxylic acids is 2. The topological polar surface area (TPSA) is 88.7 Å². The summed E-state index contributed by atoms with van der Waals surface area (Å²) in [5.41, 5.74) is 3.77. The summed E-state index contributed by atoms with van der Waals surface area (Å²) in [4.78, 5) is 30.8. The van der Waals surface area contributed by atoms with Crippen LogP contribution in [0.15, 0.2) is 48.5 Å². The van der Waals surface area contributed by atoms with E-state index in [1.54, 1.807) is 0 Å². The first-order valence-electron chi connectivity index (χ1n) is 23.7. The third-order valence-corrected chi connectivity index (χ3v) is 11.0. The molecule has 4 amide bonds. The number of anilines is 2. The van der Waals surface area contributed by atoms with Gasteiger partial charge in [0.1, 0.15) is 0 Å². The van der Waals surface area contributed by atoms with Gasteiger partial charge in [0.15, 0.2) is 0 Å². The lowest BCUT2D eigenvalue weighted by Crippen LogP contribution is -2.31. The SMILES string of the molecule is CCCCCCCCN(CCCCC)CCCCNC(=O)Nc1cccc(Cc2cccc(NC(=O)NCCCCN(CCCCC)CCCCCCCC)c2)c1. The van der Waals surface area contributed by atoms with E-state index in [1.807, 2.05) is 36.4 Å². The first-order chi connectivity index (χ1) is 28.0. The molecule has 2 rings (SSSR count). The summed E-state index contributed by atoms with van der Waals surface area (Å²) >= 11 is 0. The Morgan fingerprint density at radius 3 is 1.12 bits per heavy atom. The first kappa shape index (κ1) is 50.0. The van der Waals surface area contributed by atoms with Crippen LogP contribution in [0.5, 0.6) is 0 Å². The minimum atomic E-state index is -0.159. The van der Waals surface area contributed by atoms with Crippen molar-refractivity contribution in [1.82, 2.24) is 20.4 Å². The minimum absolute atomic E-state index is 0.159. The molecule has 2 aromatic rings. The molecule has 0 aliphatic rings. The van der Waals surface area contributed by atoms with Crippen LogP contribution in [-0.4, -0.2) is 74.2 Å². The number of nitrogens with one attached hydrogen (secondary N) is 4. The van der Waals surface area contributed by atoms with E-state index in [4.69, 9.17) is 0 Å². The number of carbonyl (C=O) groups is 2. The molecule has 0 bridgehead atoms. The predicted molar refractivity (Wildman–Crippen MR) is 247 cm³/mol. The van der Waals surface area contributed by atoms with Gasteiger partial charge in [0.2, 0.25) is 0 Å². The lowest BCUT2D eigenvalue weighted by atomic mass is 10.0. The van der Waals surface area contributed by atoms with Gasteiger partial charge in [-0.2, -0.15) is 0 Å². The van der Waals surface area contributed by atoms with E-state index in [0.717, 1.165) is 61.3 Å². The standard InChI is InChI=1S/C49H86N6O2/c1-5-9-13-15-17-23-37-54(35-21-11-7-3)39-25-19-33-50-48(56)52-46-31-27-29-44(42-46)41-45-30-28-32-47(43-45)53-49(57)51-34-20-26-40-55(36-22-12-8-4)38-24-18-16-14-10-6-2/h27-32,42-43H,5-26,33-41H2,1-4H3,(H2,50,52,56)(H2,51,53,57). The molecule has 0 atom stereocenters. The van der Waals surface area contributed by atoms with Crippen LogP contribution in [-0.2, 0) is 6.42 Å². The molecule has 324 valence electrons. The van der Waals surface area contributed by atoms with Gasteiger partial charge in [0, 0.05) is 24.5 Å². The van der Waals surface area contributed by atoms with E-state index < -0.39 is 0 Å². The normalized spacial score (nSPS) is 11.3. The third-order valence-electron chi connectivity index (χ3n) is 11.0. The lowest BCUT2D eigenvalue weighted by molar-refractivity contribution is 0.247. The van der Waals surface area contributed by atoms with Crippen molar-refractivity contribution in [3.05, 3.63) is 59.7 Å². The van der Waals surface area contributed by atoms with Crippen molar-refractivity contribution >= 4 is 23.4 Å². The molecule has 4 N–H and O–H groups in total. The molecule has 0 spiro atoms. The molecular weight excluding hydrogens is 705 g/mol. The van der Waals surface area contributed by atoms with Gasteiger partial charge < -0.3 is 31.1 Å². The van der Waals surface area contributed by atoms with Gasteiger partial charge in [0.05, 0.1) is 0 Å². The summed E-state index contributed by atoms with van der Waals surface area (Å²) in [6.45, 7) is 17.5. The maximum atomic E-state index is 12.7. The highest BCUT2D eigenvalue weighted by Crippen LogP contribution is 2.18. The predicted octanol–water partition coefficient (Wildman–Crippen LogP) is 12.8. The van der Waals surface area contributed by atoms with Crippen molar-refractivity contribution in [2.24, 2.45) is 0 Å². The largest absolute Gasteiger partial charge is 0.338 e. The van der Waals surface area contributed by atoms with Crippen LogP contribution in [0.4, 0.5) is 21.0 Å². The van der Waals surface area contributed by atoms with Crippen molar-refractivity contribution in [3.8, 4) is 0 Å². The van der Waals surface area contributed by atoms with Gasteiger partial charge in [-0.3, -0.25) is 0 Å². The second-order valence-electron chi connectivity index (χ2n) is 16.4. The number of nitrogens with zero attached hydrogens (tertiary/aromatic N) is 2. The number of urea groups is 2. The maximum absolute atomic E-state index is 12.7. The number of amides is 4. The monoisotopic (exact) mass is 791 g/mol. The molecule has 0 unspecified atom stereocenters. The van der Waals surface area contributed by atoms with E-state index >= 15 is 0 Å². The Kier molecular flexibility index (Phi) is 30.6. The Bertz CT molecular complexity index is 1180. The molecule has 0 saturated carbocycles. The number of hydrogen-bond donors (Lipinski definition) is 4. The van der Waals surface area contributed by atoms with Crippen LogP contribution in [0.2, 0.25) is 0 Å². The molecule has 0 aromatic heterocycles. The molecule has 8 nitrogen and oxygen atoms in total. The van der Waals surface area contributed by atoms with Crippen molar-refractivity contribution in [2.45, 2.75) is 175 Å². The van der Waals surface area contributed by atoms with Crippen molar-refractivity contribution < 1.29 is 9.59 Å². The van der Waals surface area contributed by atoms with Gasteiger partial charge in [-0.1, -0.05) is 142 Å². The Morgan fingerprint density at radius 1 is 0.421 bits per heavy atom. The summed E-state index contributed by atoms with van der Waals surface area (Å²) in [5.74, 6) is 0. The Hall–Kier alpha value is -3.10. The molecule has 0 radical (unpaired) electrons. The van der Waals surface area contributed by atoms with Gasteiger partial charge >= 0.3 is 12.1 Å². The van der Waals surface area contributed by atoms with Gasteiger partial charge in [-0.25, -0.2) is 9.59 Å².